The molecule has 0 unspecified atom stereocenters. The minimum Gasteiger partial charge on any atom is -0.350 e. The van der Waals surface area contributed by atoms with Crippen LogP contribution in [0.25, 0.3) is 0 Å². The van der Waals surface area contributed by atoms with Crippen LogP contribution >= 0.6 is 0 Å². The van der Waals surface area contributed by atoms with E-state index < -0.39 is 21.6 Å². The van der Waals surface area contributed by atoms with Gasteiger partial charge < -0.3 is 10.2 Å². The molecule has 226 valence electrons. The van der Waals surface area contributed by atoms with Crippen LogP contribution in [0, 0.1) is 20.8 Å². The highest BCUT2D eigenvalue weighted by atomic mass is 32.2. The molecule has 0 saturated heterocycles. The van der Waals surface area contributed by atoms with Gasteiger partial charge in [-0.1, -0.05) is 66.7 Å². The number of nitrogens with one attached hydrogen (secondary N) is 1. The number of rotatable bonds is 12. The summed E-state index contributed by atoms with van der Waals surface area (Å²) in [6.07, 6.45) is 1.95. The molecule has 0 aliphatic heterocycles. The van der Waals surface area contributed by atoms with Gasteiger partial charge in [-0.2, -0.15) is 0 Å². The predicted molar refractivity (Wildman–Crippen MR) is 171 cm³/mol. The second kappa shape index (κ2) is 14.0. The minimum atomic E-state index is -3.58. The molecule has 2 amide bonds. The van der Waals surface area contributed by atoms with E-state index in [1.165, 1.54) is 10.6 Å². The van der Waals surface area contributed by atoms with Gasteiger partial charge in [0.1, 0.15) is 6.04 Å². The molecule has 0 fully saturated rings. The number of benzene rings is 3. The maximum absolute atomic E-state index is 14.0. The Morgan fingerprint density at radius 3 is 2.14 bits per heavy atom. The summed E-state index contributed by atoms with van der Waals surface area (Å²) in [6, 6.07) is 22.5. The van der Waals surface area contributed by atoms with Crippen molar-refractivity contribution in [1.29, 1.82) is 0 Å². The molecule has 0 spiro atoms. The van der Waals surface area contributed by atoms with Crippen LogP contribution in [0.2, 0.25) is 0 Å². The highest BCUT2D eigenvalue weighted by Gasteiger charge is 2.32. The summed E-state index contributed by atoms with van der Waals surface area (Å²) in [5, 5.41) is 3.08. The van der Waals surface area contributed by atoms with Crippen LogP contribution in [0.5, 0.6) is 0 Å². The van der Waals surface area contributed by atoms with Gasteiger partial charge in [-0.3, -0.25) is 13.9 Å². The summed E-state index contributed by atoms with van der Waals surface area (Å²) in [5.41, 5.74) is 4.88. The first-order chi connectivity index (χ1) is 19.7. The zero-order valence-corrected chi connectivity index (χ0v) is 26.8. The summed E-state index contributed by atoms with van der Waals surface area (Å²) in [7, 11) is -3.58. The Morgan fingerprint density at radius 2 is 1.52 bits per heavy atom. The van der Waals surface area contributed by atoms with Crippen molar-refractivity contribution in [3.8, 4) is 0 Å². The highest BCUT2D eigenvalue weighted by Crippen LogP contribution is 2.25. The topological polar surface area (TPSA) is 86.8 Å². The Bertz CT molecular complexity index is 1480. The molecule has 0 aromatic heterocycles. The third-order valence-electron chi connectivity index (χ3n) is 7.16. The van der Waals surface area contributed by atoms with Crippen molar-refractivity contribution >= 4 is 27.5 Å². The Labute approximate surface area is 252 Å². The number of aryl methyl sites for hydroxylation is 3. The zero-order valence-electron chi connectivity index (χ0n) is 26.0. The van der Waals surface area contributed by atoms with E-state index in [4.69, 9.17) is 0 Å². The number of carbonyl (C=O) groups is 2. The van der Waals surface area contributed by atoms with Crippen molar-refractivity contribution in [3.63, 3.8) is 0 Å². The number of nitrogens with zero attached hydrogens (tertiary/aromatic N) is 2. The van der Waals surface area contributed by atoms with Gasteiger partial charge in [-0.15, -0.1) is 0 Å². The summed E-state index contributed by atoms with van der Waals surface area (Å²) < 4.78 is 27.0. The van der Waals surface area contributed by atoms with Crippen molar-refractivity contribution in [2.75, 3.05) is 17.1 Å². The molecule has 3 aromatic rings. The molecular formula is C34H45N3O4S. The largest absolute Gasteiger partial charge is 0.350 e. The third kappa shape index (κ3) is 9.44. The Hall–Kier alpha value is -3.65. The van der Waals surface area contributed by atoms with E-state index in [0.717, 1.165) is 27.8 Å². The van der Waals surface area contributed by atoms with E-state index in [2.05, 4.69) is 5.32 Å². The highest BCUT2D eigenvalue weighted by molar-refractivity contribution is 7.92. The van der Waals surface area contributed by atoms with E-state index in [9.17, 15) is 18.0 Å². The summed E-state index contributed by atoms with van der Waals surface area (Å²) in [6.45, 7) is 12.0. The van der Waals surface area contributed by atoms with E-state index in [1.54, 1.807) is 4.90 Å². The van der Waals surface area contributed by atoms with E-state index in [-0.39, 0.29) is 31.3 Å². The molecule has 0 heterocycles. The van der Waals surface area contributed by atoms with Crippen molar-refractivity contribution in [2.24, 2.45) is 0 Å². The molecule has 7 nitrogen and oxygen atoms in total. The van der Waals surface area contributed by atoms with Gasteiger partial charge in [-0.05, 0) is 81.8 Å². The van der Waals surface area contributed by atoms with E-state index in [1.807, 2.05) is 114 Å². The smallest absolute Gasteiger partial charge is 0.243 e. The first-order valence-electron chi connectivity index (χ1n) is 14.4. The number of hydrogen-bond acceptors (Lipinski definition) is 4. The van der Waals surface area contributed by atoms with Crippen molar-refractivity contribution < 1.29 is 18.0 Å². The molecule has 0 aliphatic rings. The molecule has 0 radical (unpaired) electrons. The van der Waals surface area contributed by atoms with Crippen molar-refractivity contribution in [1.82, 2.24) is 10.2 Å². The molecule has 0 bridgehead atoms. The van der Waals surface area contributed by atoms with Gasteiger partial charge in [0.05, 0.1) is 11.9 Å². The molecule has 1 atom stereocenters. The van der Waals surface area contributed by atoms with Gasteiger partial charge in [0.2, 0.25) is 21.8 Å². The van der Waals surface area contributed by atoms with E-state index in [0.29, 0.717) is 18.5 Å². The van der Waals surface area contributed by atoms with Crippen LogP contribution in [0.3, 0.4) is 0 Å². The summed E-state index contributed by atoms with van der Waals surface area (Å²) in [4.78, 5) is 29.5. The van der Waals surface area contributed by atoms with E-state index >= 15 is 0 Å². The lowest BCUT2D eigenvalue weighted by Gasteiger charge is -2.34. The zero-order chi connectivity index (χ0) is 31.1. The SMILES string of the molecule is Cc1ccc(C)c(N(CCCC(=O)N(Cc2ccccc2C)[C@@H](Cc2ccccc2)C(=O)NC(C)(C)C)S(C)(=O)=O)c1. The molecule has 0 aliphatic carbocycles. The number of anilines is 1. The molecule has 3 rings (SSSR count). The predicted octanol–water partition coefficient (Wildman–Crippen LogP) is 5.71. The van der Waals surface area contributed by atoms with Crippen LogP contribution in [0.15, 0.2) is 72.8 Å². The van der Waals surface area contributed by atoms with Crippen molar-refractivity contribution in [3.05, 3.63) is 101 Å². The maximum Gasteiger partial charge on any atom is 0.243 e. The number of hydrogen-bond donors (Lipinski definition) is 1. The first kappa shape index (κ1) is 32.9. The standard InChI is InChI=1S/C34H45N3O4S/c1-25-19-20-27(3)30(22-25)37(42(7,40)41)21-13-18-32(38)36(24-29-17-12-11-14-26(29)2)31(33(39)35-34(4,5)6)23-28-15-9-8-10-16-28/h8-12,14-17,19-20,22,31H,13,18,21,23-24H2,1-7H3,(H,35,39)/t31-/m0/s1. The quantitative estimate of drug-likeness (QED) is 0.292. The first-order valence-corrected chi connectivity index (χ1v) is 16.3. The lowest BCUT2D eigenvalue weighted by molar-refractivity contribution is -0.142. The Kier molecular flexibility index (Phi) is 11.0. The normalized spacial score (nSPS) is 12.5. The monoisotopic (exact) mass is 591 g/mol. The number of sulfonamides is 1. The molecule has 3 aromatic carbocycles. The lowest BCUT2D eigenvalue weighted by atomic mass is 9.99. The Morgan fingerprint density at radius 1 is 0.881 bits per heavy atom. The molecule has 1 N–H and O–H groups in total. The lowest BCUT2D eigenvalue weighted by Crippen LogP contribution is -2.54. The fourth-order valence-electron chi connectivity index (χ4n) is 4.95. The second-order valence-corrected chi connectivity index (χ2v) is 14.0. The van der Waals surface area contributed by atoms with Crippen LogP contribution in [-0.2, 0) is 32.6 Å². The van der Waals surface area contributed by atoms with Gasteiger partial charge in [0, 0.05) is 31.5 Å². The van der Waals surface area contributed by atoms with Gasteiger partial charge >= 0.3 is 0 Å². The van der Waals surface area contributed by atoms with Crippen LogP contribution in [0.4, 0.5) is 5.69 Å². The number of carbonyl (C=O) groups excluding carboxylic acids is 2. The molecular weight excluding hydrogens is 546 g/mol. The minimum absolute atomic E-state index is 0.0941. The van der Waals surface area contributed by atoms with Gasteiger partial charge in [0.25, 0.3) is 0 Å². The van der Waals surface area contributed by atoms with Crippen LogP contribution < -0.4 is 9.62 Å². The third-order valence-corrected chi connectivity index (χ3v) is 8.34. The molecule has 8 heteroatoms. The summed E-state index contributed by atoms with van der Waals surface area (Å²) >= 11 is 0. The van der Waals surface area contributed by atoms with Gasteiger partial charge in [-0.25, -0.2) is 8.42 Å². The van der Waals surface area contributed by atoms with Crippen molar-refractivity contribution in [2.45, 2.75) is 78.9 Å². The van der Waals surface area contributed by atoms with Crippen LogP contribution in [-0.4, -0.2) is 49.5 Å². The average molecular weight is 592 g/mol. The van der Waals surface area contributed by atoms with Gasteiger partial charge in [0.15, 0.2) is 0 Å². The average Bonchev–Trinajstić information content (AvgIpc) is 2.90. The Balaban J connectivity index is 1.93. The fraction of sp³-hybridized carbons (Fsp3) is 0.412. The summed E-state index contributed by atoms with van der Waals surface area (Å²) in [5.74, 6) is -0.418. The molecule has 0 saturated carbocycles. The second-order valence-electron chi connectivity index (χ2n) is 12.1. The molecule has 42 heavy (non-hydrogen) atoms. The van der Waals surface area contributed by atoms with Crippen LogP contribution in [0.1, 0.15) is 61.4 Å². The fourth-order valence-corrected chi connectivity index (χ4v) is 5.96. The maximum atomic E-state index is 14.0. The number of amides is 2.